The maximum atomic E-state index is 12.0. The van der Waals surface area contributed by atoms with Crippen LogP contribution in [0.15, 0.2) is 18.3 Å². The summed E-state index contributed by atoms with van der Waals surface area (Å²) in [5.41, 5.74) is 0.0398. The predicted octanol–water partition coefficient (Wildman–Crippen LogP) is -0.557. The molecule has 2 rings (SSSR count). The van der Waals surface area contributed by atoms with Crippen LogP contribution >= 0.6 is 0 Å². The molecule has 0 atom stereocenters. The Labute approximate surface area is 110 Å². The highest BCUT2D eigenvalue weighted by atomic mass is 32.2. The summed E-state index contributed by atoms with van der Waals surface area (Å²) in [5.74, 6) is -1.43. The third-order valence-electron chi connectivity index (χ3n) is 3.05. The van der Waals surface area contributed by atoms with Crippen LogP contribution in [0, 0.1) is 0 Å². The van der Waals surface area contributed by atoms with Crippen LogP contribution < -0.4 is 0 Å². The molecular weight excluding hydrogens is 272 g/mol. The minimum absolute atomic E-state index is 0.0315. The van der Waals surface area contributed by atoms with Gasteiger partial charge in [-0.05, 0) is 12.1 Å². The number of carbonyl (C=O) groups is 2. The van der Waals surface area contributed by atoms with Crippen LogP contribution in [0.2, 0.25) is 0 Å². The Morgan fingerprint density at radius 3 is 2.47 bits per heavy atom. The fraction of sp³-hybridized carbons (Fsp3) is 0.455. The Hall–Kier alpha value is -1.83. The summed E-state index contributed by atoms with van der Waals surface area (Å²) in [5, 5.41) is 8.92. The molecule has 1 aromatic rings. The van der Waals surface area contributed by atoms with E-state index in [0.717, 1.165) is 0 Å². The molecule has 0 aliphatic carbocycles. The third-order valence-corrected chi connectivity index (χ3v) is 4.66. The molecule has 0 bridgehead atoms. The van der Waals surface area contributed by atoms with E-state index in [1.165, 1.54) is 21.7 Å². The van der Waals surface area contributed by atoms with Gasteiger partial charge in [-0.1, -0.05) is 0 Å². The van der Waals surface area contributed by atoms with E-state index in [9.17, 15) is 18.0 Å². The zero-order valence-electron chi connectivity index (χ0n) is 10.2. The topological polar surface area (TPSA) is 96.7 Å². The molecule has 1 aromatic heterocycles. The SMILES string of the molecule is O=C(O)c1cccn1CC(=O)N1CCS(=O)(=O)CC1. The van der Waals surface area contributed by atoms with Crippen molar-refractivity contribution in [2.45, 2.75) is 6.54 Å². The summed E-state index contributed by atoms with van der Waals surface area (Å²) in [4.78, 5) is 24.3. The van der Waals surface area contributed by atoms with Crippen molar-refractivity contribution in [2.24, 2.45) is 0 Å². The second-order valence-electron chi connectivity index (χ2n) is 4.36. The van der Waals surface area contributed by atoms with Crippen molar-refractivity contribution in [3.05, 3.63) is 24.0 Å². The lowest BCUT2D eigenvalue weighted by Gasteiger charge is -2.27. The first-order chi connectivity index (χ1) is 8.89. The van der Waals surface area contributed by atoms with Gasteiger partial charge in [0, 0.05) is 19.3 Å². The van der Waals surface area contributed by atoms with E-state index >= 15 is 0 Å². The van der Waals surface area contributed by atoms with Crippen molar-refractivity contribution in [1.29, 1.82) is 0 Å². The smallest absolute Gasteiger partial charge is 0.352 e. The molecule has 1 fully saturated rings. The normalized spacial score (nSPS) is 18.2. The van der Waals surface area contributed by atoms with Crippen molar-refractivity contribution in [3.63, 3.8) is 0 Å². The summed E-state index contributed by atoms with van der Waals surface area (Å²) in [6, 6.07) is 2.97. The Kier molecular flexibility index (Phi) is 3.61. The van der Waals surface area contributed by atoms with Crippen LogP contribution in [-0.4, -0.2) is 59.5 Å². The molecule has 0 aromatic carbocycles. The lowest BCUT2D eigenvalue weighted by molar-refractivity contribution is -0.131. The second kappa shape index (κ2) is 5.04. The summed E-state index contributed by atoms with van der Waals surface area (Å²) in [6.07, 6.45) is 1.52. The first kappa shape index (κ1) is 13.6. The van der Waals surface area contributed by atoms with Gasteiger partial charge in [0.1, 0.15) is 12.2 Å². The molecule has 0 saturated carbocycles. The average Bonchev–Trinajstić information content (AvgIpc) is 2.77. The van der Waals surface area contributed by atoms with E-state index < -0.39 is 15.8 Å². The molecule has 2 heterocycles. The van der Waals surface area contributed by atoms with E-state index in [0.29, 0.717) is 0 Å². The standard InChI is InChI=1S/C11H14N2O5S/c14-10(12-4-6-19(17,18)7-5-12)8-13-3-1-2-9(13)11(15)16/h1-3H,4-8H2,(H,15,16). The lowest BCUT2D eigenvalue weighted by atomic mass is 10.4. The molecule has 0 radical (unpaired) electrons. The van der Waals surface area contributed by atoms with Gasteiger partial charge < -0.3 is 14.6 Å². The van der Waals surface area contributed by atoms with Crippen LogP contribution in [0.4, 0.5) is 0 Å². The number of aromatic nitrogens is 1. The molecule has 7 nitrogen and oxygen atoms in total. The number of amides is 1. The van der Waals surface area contributed by atoms with Gasteiger partial charge in [0.15, 0.2) is 9.84 Å². The molecule has 0 unspecified atom stereocenters. The van der Waals surface area contributed by atoms with Crippen molar-refractivity contribution in [1.82, 2.24) is 9.47 Å². The predicted molar refractivity (Wildman–Crippen MR) is 66.6 cm³/mol. The number of nitrogens with zero attached hydrogens (tertiary/aromatic N) is 2. The number of hydrogen-bond acceptors (Lipinski definition) is 4. The highest BCUT2D eigenvalue weighted by Gasteiger charge is 2.25. The summed E-state index contributed by atoms with van der Waals surface area (Å²) >= 11 is 0. The maximum Gasteiger partial charge on any atom is 0.352 e. The molecular formula is C11H14N2O5S. The van der Waals surface area contributed by atoms with Gasteiger partial charge in [0.05, 0.1) is 11.5 Å². The van der Waals surface area contributed by atoms with Crippen LogP contribution in [0.5, 0.6) is 0 Å². The molecule has 1 aliphatic rings. The van der Waals surface area contributed by atoms with Gasteiger partial charge >= 0.3 is 5.97 Å². The molecule has 0 spiro atoms. The molecule has 1 saturated heterocycles. The zero-order valence-corrected chi connectivity index (χ0v) is 11.0. The summed E-state index contributed by atoms with van der Waals surface area (Å²) in [7, 11) is -3.03. The number of hydrogen-bond donors (Lipinski definition) is 1. The quantitative estimate of drug-likeness (QED) is 0.803. The number of carboxylic acids is 1. The van der Waals surface area contributed by atoms with Gasteiger partial charge in [0.25, 0.3) is 0 Å². The zero-order chi connectivity index (χ0) is 14.0. The average molecular weight is 286 g/mol. The Bertz CT molecular complexity index is 590. The molecule has 1 aliphatic heterocycles. The fourth-order valence-electron chi connectivity index (χ4n) is 1.95. The van der Waals surface area contributed by atoms with Gasteiger partial charge in [-0.15, -0.1) is 0 Å². The van der Waals surface area contributed by atoms with E-state index in [1.807, 2.05) is 0 Å². The molecule has 104 valence electrons. The van der Waals surface area contributed by atoms with Gasteiger partial charge in [-0.25, -0.2) is 13.2 Å². The maximum absolute atomic E-state index is 12.0. The van der Waals surface area contributed by atoms with E-state index in [4.69, 9.17) is 5.11 Å². The number of aromatic carboxylic acids is 1. The van der Waals surface area contributed by atoms with Crippen LogP contribution in [0.3, 0.4) is 0 Å². The molecule has 8 heteroatoms. The van der Waals surface area contributed by atoms with Gasteiger partial charge in [-0.3, -0.25) is 4.79 Å². The van der Waals surface area contributed by atoms with E-state index in [-0.39, 0.29) is 42.7 Å². The Balaban J connectivity index is 2.02. The Morgan fingerprint density at radius 1 is 1.26 bits per heavy atom. The minimum Gasteiger partial charge on any atom is -0.477 e. The van der Waals surface area contributed by atoms with Crippen molar-refractivity contribution in [3.8, 4) is 0 Å². The minimum atomic E-state index is -3.03. The van der Waals surface area contributed by atoms with Gasteiger partial charge in [0.2, 0.25) is 5.91 Å². The van der Waals surface area contributed by atoms with Crippen molar-refractivity contribution < 1.29 is 23.1 Å². The summed E-state index contributed by atoms with van der Waals surface area (Å²) in [6.45, 7) is 0.254. The van der Waals surface area contributed by atoms with Crippen molar-refractivity contribution in [2.75, 3.05) is 24.6 Å². The van der Waals surface area contributed by atoms with Gasteiger partial charge in [-0.2, -0.15) is 0 Å². The van der Waals surface area contributed by atoms with Crippen LogP contribution in [0.1, 0.15) is 10.5 Å². The number of rotatable bonds is 3. The largest absolute Gasteiger partial charge is 0.477 e. The van der Waals surface area contributed by atoms with E-state index in [2.05, 4.69) is 0 Å². The molecule has 1 amide bonds. The first-order valence-corrected chi connectivity index (χ1v) is 7.58. The summed E-state index contributed by atoms with van der Waals surface area (Å²) < 4.78 is 23.9. The van der Waals surface area contributed by atoms with E-state index in [1.54, 1.807) is 6.07 Å². The number of carbonyl (C=O) groups excluding carboxylic acids is 1. The van der Waals surface area contributed by atoms with Crippen LogP contribution in [-0.2, 0) is 21.2 Å². The highest BCUT2D eigenvalue weighted by molar-refractivity contribution is 7.91. The number of carboxylic acid groups (broad SMARTS) is 1. The molecule has 1 N–H and O–H groups in total. The third kappa shape index (κ3) is 3.14. The van der Waals surface area contributed by atoms with Crippen LogP contribution in [0.25, 0.3) is 0 Å². The Morgan fingerprint density at radius 2 is 1.89 bits per heavy atom. The van der Waals surface area contributed by atoms with Crippen molar-refractivity contribution >= 4 is 21.7 Å². The monoisotopic (exact) mass is 286 g/mol. The first-order valence-electron chi connectivity index (χ1n) is 5.76. The highest BCUT2D eigenvalue weighted by Crippen LogP contribution is 2.07. The number of sulfone groups is 1. The lowest BCUT2D eigenvalue weighted by Crippen LogP contribution is -2.45. The molecule has 19 heavy (non-hydrogen) atoms. The fourth-order valence-corrected chi connectivity index (χ4v) is 3.15. The second-order valence-corrected chi connectivity index (χ2v) is 6.66.